The molecule has 0 spiro atoms. The van der Waals surface area contributed by atoms with Gasteiger partial charge in [0.25, 0.3) is 0 Å². The highest BCUT2D eigenvalue weighted by molar-refractivity contribution is 6.35. The van der Waals surface area contributed by atoms with Gasteiger partial charge < -0.3 is 9.47 Å². The van der Waals surface area contributed by atoms with Crippen LogP contribution in [-0.2, 0) is 4.74 Å². The second-order valence-corrected chi connectivity index (χ2v) is 4.40. The number of hydrogen-bond donors (Lipinski definition) is 0. The lowest BCUT2D eigenvalue weighted by Crippen LogP contribution is -2.00. The largest absolute Gasteiger partial charge is 0.465 e. The van der Waals surface area contributed by atoms with Crippen molar-refractivity contribution in [2.24, 2.45) is 0 Å². The van der Waals surface area contributed by atoms with Crippen LogP contribution in [0, 0.1) is 0 Å². The number of carbonyl (C=O) groups is 1. The second-order valence-electron chi connectivity index (χ2n) is 3.56. The minimum atomic E-state index is -0.408. The third kappa shape index (κ3) is 3.36. The van der Waals surface area contributed by atoms with Crippen LogP contribution in [0.1, 0.15) is 10.4 Å². The number of ether oxygens (including phenoxy) is 2. The van der Waals surface area contributed by atoms with Gasteiger partial charge >= 0.3 is 5.97 Å². The zero-order chi connectivity index (χ0) is 13.8. The molecule has 0 aliphatic rings. The molecule has 0 unspecified atom stereocenters. The van der Waals surface area contributed by atoms with Crippen molar-refractivity contribution >= 4 is 29.2 Å². The molecule has 98 valence electrons. The summed E-state index contributed by atoms with van der Waals surface area (Å²) in [4.78, 5) is 15.2. The van der Waals surface area contributed by atoms with Crippen molar-refractivity contribution in [1.29, 1.82) is 0 Å². The van der Waals surface area contributed by atoms with Gasteiger partial charge in [-0.15, -0.1) is 0 Å². The maximum absolute atomic E-state index is 11.3. The molecule has 0 radical (unpaired) electrons. The number of rotatable bonds is 3. The van der Waals surface area contributed by atoms with E-state index in [0.29, 0.717) is 21.4 Å². The molecule has 0 amide bonds. The lowest BCUT2D eigenvalue weighted by atomic mass is 10.2. The zero-order valence-corrected chi connectivity index (χ0v) is 11.4. The average molecular weight is 298 g/mol. The number of carbonyl (C=O) groups excluding carboxylic acids is 1. The van der Waals surface area contributed by atoms with Crippen LogP contribution in [0.3, 0.4) is 0 Å². The van der Waals surface area contributed by atoms with Crippen LogP contribution in [0.15, 0.2) is 36.5 Å². The number of hydrogen-bond acceptors (Lipinski definition) is 4. The molecule has 0 saturated heterocycles. The van der Waals surface area contributed by atoms with Gasteiger partial charge in [0.1, 0.15) is 10.8 Å². The second kappa shape index (κ2) is 5.91. The molecule has 0 atom stereocenters. The van der Waals surface area contributed by atoms with Gasteiger partial charge in [-0.2, -0.15) is 0 Å². The highest BCUT2D eigenvalue weighted by Gasteiger charge is 2.08. The van der Waals surface area contributed by atoms with Gasteiger partial charge in [-0.3, -0.25) is 0 Å². The Hall–Kier alpha value is -1.78. The molecule has 4 nitrogen and oxygen atoms in total. The van der Waals surface area contributed by atoms with Gasteiger partial charge in [-0.25, -0.2) is 9.78 Å². The molecule has 0 bridgehead atoms. The highest BCUT2D eigenvalue weighted by Crippen LogP contribution is 2.29. The SMILES string of the molecule is COC(=O)c1ccc(Oc2ncc(Cl)cc2Cl)cc1. The van der Waals surface area contributed by atoms with Crippen LogP contribution in [-0.4, -0.2) is 18.1 Å². The summed E-state index contributed by atoms with van der Waals surface area (Å²) in [5.74, 6) is 0.343. The lowest BCUT2D eigenvalue weighted by Gasteiger charge is -2.07. The number of pyridine rings is 1. The van der Waals surface area contributed by atoms with Gasteiger partial charge in [0, 0.05) is 6.20 Å². The third-order valence-corrected chi connectivity index (χ3v) is 2.74. The van der Waals surface area contributed by atoms with E-state index >= 15 is 0 Å². The molecule has 0 saturated carbocycles. The summed E-state index contributed by atoms with van der Waals surface area (Å²) >= 11 is 11.7. The van der Waals surface area contributed by atoms with Crippen molar-refractivity contribution < 1.29 is 14.3 Å². The van der Waals surface area contributed by atoms with Crippen LogP contribution in [0.2, 0.25) is 10.0 Å². The quantitative estimate of drug-likeness (QED) is 0.804. The van der Waals surface area contributed by atoms with E-state index < -0.39 is 5.97 Å². The van der Waals surface area contributed by atoms with Crippen molar-refractivity contribution in [2.45, 2.75) is 0 Å². The predicted octanol–water partition coefficient (Wildman–Crippen LogP) is 3.97. The first-order valence-electron chi connectivity index (χ1n) is 5.27. The van der Waals surface area contributed by atoms with Crippen LogP contribution in [0.5, 0.6) is 11.6 Å². The Morgan fingerprint density at radius 3 is 2.47 bits per heavy atom. The maximum Gasteiger partial charge on any atom is 0.337 e. The van der Waals surface area contributed by atoms with Crippen LogP contribution in [0.4, 0.5) is 0 Å². The Labute approximate surface area is 119 Å². The summed E-state index contributed by atoms with van der Waals surface area (Å²) in [5.41, 5.74) is 0.435. The normalized spacial score (nSPS) is 10.1. The summed E-state index contributed by atoms with van der Waals surface area (Å²) in [6.07, 6.45) is 1.44. The molecule has 6 heteroatoms. The summed E-state index contributed by atoms with van der Waals surface area (Å²) in [7, 11) is 1.32. The van der Waals surface area contributed by atoms with Crippen molar-refractivity contribution in [1.82, 2.24) is 4.98 Å². The predicted molar refractivity (Wildman–Crippen MR) is 72.1 cm³/mol. The van der Waals surface area contributed by atoms with E-state index in [0.717, 1.165) is 0 Å². The summed E-state index contributed by atoms with van der Waals surface area (Å²) in [6.45, 7) is 0. The van der Waals surface area contributed by atoms with Gasteiger partial charge in [-0.1, -0.05) is 23.2 Å². The monoisotopic (exact) mass is 297 g/mol. The first-order chi connectivity index (χ1) is 9.10. The van der Waals surface area contributed by atoms with E-state index in [9.17, 15) is 4.79 Å². The lowest BCUT2D eigenvalue weighted by molar-refractivity contribution is 0.0600. The fourth-order valence-electron chi connectivity index (χ4n) is 1.37. The van der Waals surface area contributed by atoms with Gasteiger partial charge in [0.05, 0.1) is 17.7 Å². The van der Waals surface area contributed by atoms with Crippen LogP contribution >= 0.6 is 23.2 Å². The maximum atomic E-state index is 11.3. The van der Waals surface area contributed by atoms with Crippen molar-refractivity contribution in [3.8, 4) is 11.6 Å². The Balaban J connectivity index is 2.17. The number of aromatic nitrogens is 1. The van der Waals surface area contributed by atoms with Crippen molar-refractivity contribution in [3.05, 3.63) is 52.1 Å². The average Bonchev–Trinajstić information content (AvgIpc) is 2.42. The fourth-order valence-corrected chi connectivity index (χ4v) is 1.78. The zero-order valence-electron chi connectivity index (χ0n) is 9.89. The molecule has 19 heavy (non-hydrogen) atoms. The molecule has 0 fully saturated rings. The van der Waals surface area contributed by atoms with Crippen LogP contribution < -0.4 is 4.74 Å². The number of methoxy groups -OCH3 is 1. The molecule has 1 aromatic heterocycles. The first kappa shape index (κ1) is 13.6. The highest BCUT2D eigenvalue weighted by atomic mass is 35.5. The minimum absolute atomic E-state index is 0.247. The number of nitrogens with zero attached hydrogens (tertiary/aromatic N) is 1. The van der Waals surface area contributed by atoms with Crippen LogP contribution in [0.25, 0.3) is 0 Å². The fraction of sp³-hybridized carbons (Fsp3) is 0.0769. The molecule has 1 aromatic carbocycles. The van der Waals surface area contributed by atoms with Crippen molar-refractivity contribution in [2.75, 3.05) is 7.11 Å². The van der Waals surface area contributed by atoms with Gasteiger partial charge in [0.2, 0.25) is 5.88 Å². The van der Waals surface area contributed by atoms with E-state index in [4.69, 9.17) is 27.9 Å². The molecule has 0 aliphatic heterocycles. The molecule has 2 rings (SSSR count). The van der Waals surface area contributed by atoms with E-state index in [1.807, 2.05) is 0 Å². The van der Waals surface area contributed by atoms with E-state index in [2.05, 4.69) is 9.72 Å². The molecule has 0 aliphatic carbocycles. The van der Waals surface area contributed by atoms with Gasteiger partial charge in [-0.05, 0) is 30.3 Å². The standard InChI is InChI=1S/C13H9Cl2NO3/c1-18-13(17)8-2-4-10(5-3-8)19-12-11(15)6-9(14)7-16-12/h2-7H,1H3. The molecular weight excluding hydrogens is 289 g/mol. The van der Waals surface area contributed by atoms with Gasteiger partial charge in [0.15, 0.2) is 0 Å². The van der Waals surface area contributed by atoms with E-state index in [1.54, 1.807) is 24.3 Å². The van der Waals surface area contributed by atoms with Crippen molar-refractivity contribution in [3.63, 3.8) is 0 Å². The Morgan fingerprint density at radius 2 is 1.89 bits per heavy atom. The summed E-state index contributed by atoms with van der Waals surface area (Å²) in [5, 5.41) is 0.739. The Morgan fingerprint density at radius 1 is 1.21 bits per heavy atom. The topological polar surface area (TPSA) is 48.4 Å². The molecular formula is C13H9Cl2NO3. The third-order valence-electron chi connectivity index (χ3n) is 2.26. The van der Waals surface area contributed by atoms with E-state index in [1.165, 1.54) is 19.4 Å². The number of esters is 1. The smallest absolute Gasteiger partial charge is 0.337 e. The molecule has 0 N–H and O–H groups in total. The first-order valence-corrected chi connectivity index (χ1v) is 6.03. The Kier molecular flexibility index (Phi) is 4.24. The molecule has 1 heterocycles. The number of halogens is 2. The van der Waals surface area contributed by atoms with E-state index in [-0.39, 0.29) is 5.88 Å². The molecule has 2 aromatic rings. The minimum Gasteiger partial charge on any atom is -0.465 e. The summed E-state index contributed by atoms with van der Waals surface area (Å²) in [6, 6.07) is 7.96. The summed E-state index contributed by atoms with van der Waals surface area (Å²) < 4.78 is 10.1. The number of benzene rings is 1. The Bertz CT molecular complexity index is 599.